The summed E-state index contributed by atoms with van der Waals surface area (Å²) in [6, 6.07) is 4.38. The van der Waals surface area contributed by atoms with E-state index >= 15 is 0 Å². The molecule has 0 radical (unpaired) electrons. The number of carboxylic acid groups (broad SMARTS) is 1. The smallest absolute Gasteiger partial charge is 0.357 e. The van der Waals surface area contributed by atoms with Crippen molar-refractivity contribution in [1.82, 2.24) is 14.8 Å². The maximum atomic E-state index is 11.3. The molecule has 0 saturated carbocycles. The van der Waals surface area contributed by atoms with Gasteiger partial charge in [0.1, 0.15) is 0 Å². The standard InChI is InChI=1S/C13H10N4O4/c1-2-16-9-4-3-7(17(20)21)5-8(9)11-10(16)6-14-15-12(11)13(18)19/h3-6H,2H2,1H3,(H,18,19). The van der Waals surface area contributed by atoms with Crippen LogP contribution >= 0.6 is 0 Å². The van der Waals surface area contributed by atoms with Gasteiger partial charge in [0.05, 0.1) is 16.6 Å². The second-order valence-electron chi connectivity index (χ2n) is 4.46. The third kappa shape index (κ3) is 1.80. The van der Waals surface area contributed by atoms with Gasteiger partial charge in [0.25, 0.3) is 5.69 Å². The van der Waals surface area contributed by atoms with Crippen LogP contribution in [0, 0.1) is 10.1 Å². The zero-order valence-corrected chi connectivity index (χ0v) is 11.0. The number of hydrogen-bond donors (Lipinski definition) is 1. The summed E-state index contributed by atoms with van der Waals surface area (Å²) in [5, 5.41) is 28.4. The highest BCUT2D eigenvalue weighted by Crippen LogP contribution is 2.32. The van der Waals surface area contributed by atoms with Crippen molar-refractivity contribution in [2.45, 2.75) is 13.5 Å². The molecule has 1 N–H and O–H groups in total. The van der Waals surface area contributed by atoms with Crippen LogP contribution in [0.5, 0.6) is 0 Å². The molecule has 3 aromatic rings. The number of carboxylic acids is 1. The van der Waals surface area contributed by atoms with E-state index in [9.17, 15) is 20.0 Å². The lowest BCUT2D eigenvalue weighted by Gasteiger charge is -2.01. The molecule has 0 atom stereocenters. The monoisotopic (exact) mass is 286 g/mol. The van der Waals surface area contributed by atoms with Gasteiger partial charge in [0, 0.05) is 35.0 Å². The molecular weight excluding hydrogens is 276 g/mol. The second-order valence-corrected chi connectivity index (χ2v) is 4.46. The van der Waals surface area contributed by atoms with Gasteiger partial charge < -0.3 is 9.67 Å². The molecular formula is C13H10N4O4. The Labute approximate surface area is 117 Å². The molecule has 0 aliphatic carbocycles. The number of aryl methyl sites for hydroxylation is 1. The Morgan fingerprint density at radius 3 is 2.81 bits per heavy atom. The van der Waals surface area contributed by atoms with Crippen LogP contribution in [0.1, 0.15) is 17.4 Å². The fourth-order valence-corrected chi connectivity index (χ4v) is 2.54. The molecule has 0 bridgehead atoms. The quantitative estimate of drug-likeness (QED) is 0.583. The Morgan fingerprint density at radius 1 is 1.43 bits per heavy atom. The van der Waals surface area contributed by atoms with Crippen LogP contribution < -0.4 is 0 Å². The number of nitrogens with zero attached hydrogens (tertiary/aromatic N) is 4. The Hall–Kier alpha value is -3.03. The van der Waals surface area contributed by atoms with Crippen molar-refractivity contribution in [2.24, 2.45) is 0 Å². The maximum Gasteiger partial charge on any atom is 0.357 e. The van der Waals surface area contributed by atoms with Crippen molar-refractivity contribution in [2.75, 3.05) is 0 Å². The molecule has 0 fully saturated rings. The van der Waals surface area contributed by atoms with Crippen LogP contribution in [-0.2, 0) is 6.54 Å². The lowest BCUT2D eigenvalue weighted by atomic mass is 10.1. The van der Waals surface area contributed by atoms with Crippen molar-refractivity contribution in [1.29, 1.82) is 0 Å². The Bertz CT molecular complexity index is 900. The van der Waals surface area contributed by atoms with Gasteiger partial charge in [-0.2, -0.15) is 5.10 Å². The van der Waals surface area contributed by atoms with Gasteiger partial charge in [-0.3, -0.25) is 10.1 Å². The summed E-state index contributed by atoms with van der Waals surface area (Å²) in [6.45, 7) is 2.49. The highest BCUT2D eigenvalue weighted by Gasteiger charge is 2.20. The third-order valence-corrected chi connectivity index (χ3v) is 3.39. The van der Waals surface area contributed by atoms with Crippen molar-refractivity contribution in [3.63, 3.8) is 0 Å². The fourth-order valence-electron chi connectivity index (χ4n) is 2.54. The number of nitro groups is 1. The van der Waals surface area contributed by atoms with Gasteiger partial charge in [-0.15, -0.1) is 5.10 Å². The first-order chi connectivity index (χ1) is 10.0. The molecule has 0 unspecified atom stereocenters. The van der Waals surface area contributed by atoms with Gasteiger partial charge in [0.2, 0.25) is 0 Å². The summed E-state index contributed by atoms with van der Waals surface area (Å²) in [4.78, 5) is 21.7. The molecule has 2 aromatic heterocycles. The number of aromatic nitrogens is 3. The van der Waals surface area contributed by atoms with Gasteiger partial charge in [-0.25, -0.2) is 4.79 Å². The van der Waals surface area contributed by atoms with Crippen LogP contribution in [-0.4, -0.2) is 30.8 Å². The van der Waals surface area contributed by atoms with E-state index in [1.807, 2.05) is 11.5 Å². The maximum absolute atomic E-state index is 11.3. The lowest BCUT2D eigenvalue weighted by molar-refractivity contribution is -0.384. The molecule has 8 heteroatoms. The van der Waals surface area contributed by atoms with Crippen LogP contribution in [0.3, 0.4) is 0 Å². The molecule has 0 saturated heterocycles. The predicted octanol–water partition coefficient (Wildman–Crippen LogP) is 2.21. The molecule has 2 heterocycles. The third-order valence-electron chi connectivity index (χ3n) is 3.39. The summed E-state index contributed by atoms with van der Waals surface area (Å²) < 4.78 is 1.86. The minimum absolute atomic E-state index is 0.0918. The van der Waals surface area contributed by atoms with E-state index in [0.717, 1.165) is 5.52 Å². The molecule has 21 heavy (non-hydrogen) atoms. The number of non-ortho nitro benzene ring substituents is 1. The summed E-state index contributed by atoms with van der Waals surface area (Å²) in [5.74, 6) is -1.21. The fraction of sp³-hybridized carbons (Fsp3) is 0.154. The number of carbonyl (C=O) groups is 1. The van der Waals surface area contributed by atoms with Crippen LogP contribution in [0.15, 0.2) is 24.4 Å². The Morgan fingerprint density at radius 2 is 2.19 bits per heavy atom. The lowest BCUT2D eigenvalue weighted by Crippen LogP contribution is -2.03. The van der Waals surface area contributed by atoms with E-state index in [0.29, 0.717) is 22.8 Å². The molecule has 0 spiro atoms. The zero-order valence-electron chi connectivity index (χ0n) is 11.0. The van der Waals surface area contributed by atoms with E-state index in [-0.39, 0.29) is 11.4 Å². The first kappa shape index (κ1) is 13.0. The van der Waals surface area contributed by atoms with Crippen LogP contribution in [0.2, 0.25) is 0 Å². The normalized spacial score (nSPS) is 11.1. The molecule has 3 rings (SSSR count). The highest BCUT2D eigenvalue weighted by molar-refractivity contribution is 6.15. The summed E-state index contributed by atoms with van der Waals surface area (Å²) in [7, 11) is 0. The van der Waals surface area contributed by atoms with E-state index in [4.69, 9.17) is 0 Å². The van der Waals surface area contributed by atoms with Crippen molar-refractivity contribution >= 4 is 33.5 Å². The first-order valence-corrected chi connectivity index (χ1v) is 6.20. The van der Waals surface area contributed by atoms with Gasteiger partial charge in [-0.1, -0.05) is 0 Å². The molecule has 106 valence electrons. The number of aromatic carboxylic acids is 1. The average Bonchev–Trinajstić information content (AvgIpc) is 2.79. The number of benzene rings is 1. The number of rotatable bonds is 3. The highest BCUT2D eigenvalue weighted by atomic mass is 16.6. The second kappa shape index (κ2) is 4.51. The Balaban J connectivity index is 2.55. The topological polar surface area (TPSA) is 111 Å². The van der Waals surface area contributed by atoms with Gasteiger partial charge in [0.15, 0.2) is 5.69 Å². The number of hydrogen-bond acceptors (Lipinski definition) is 5. The molecule has 1 aromatic carbocycles. The zero-order chi connectivity index (χ0) is 15.1. The molecule has 0 aliphatic heterocycles. The SMILES string of the molecule is CCn1c2ccc([N+](=O)[O-])cc2c2c(C(=O)O)nncc21. The van der Waals surface area contributed by atoms with Crippen LogP contribution in [0.25, 0.3) is 21.8 Å². The summed E-state index contributed by atoms with van der Waals surface area (Å²) in [6.07, 6.45) is 1.47. The largest absolute Gasteiger partial charge is 0.476 e. The first-order valence-electron chi connectivity index (χ1n) is 6.20. The van der Waals surface area contributed by atoms with E-state index in [1.54, 1.807) is 6.07 Å². The molecule has 0 aliphatic rings. The summed E-state index contributed by atoms with van der Waals surface area (Å²) >= 11 is 0. The van der Waals surface area contributed by atoms with E-state index in [1.165, 1.54) is 18.3 Å². The van der Waals surface area contributed by atoms with Crippen molar-refractivity contribution in [3.05, 3.63) is 40.2 Å². The predicted molar refractivity (Wildman–Crippen MR) is 74.3 cm³/mol. The van der Waals surface area contributed by atoms with Gasteiger partial charge >= 0.3 is 5.97 Å². The number of nitro benzene ring substituents is 1. The minimum atomic E-state index is -1.21. The van der Waals surface area contributed by atoms with E-state index in [2.05, 4.69) is 10.2 Å². The molecule has 0 amide bonds. The number of fused-ring (bicyclic) bond motifs is 3. The van der Waals surface area contributed by atoms with E-state index < -0.39 is 10.9 Å². The summed E-state index contributed by atoms with van der Waals surface area (Å²) in [5.41, 5.74) is 1.02. The Kier molecular flexibility index (Phi) is 2.79. The minimum Gasteiger partial charge on any atom is -0.476 e. The van der Waals surface area contributed by atoms with Crippen molar-refractivity contribution < 1.29 is 14.8 Å². The van der Waals surface area contributed by atoms with Crippen LogP contribution in [0.4, 0.5) is 5.69 Å². The molecule has 8 nitrogen and oxygen atoms in total. The van der Waals surface area contributed by atoms with Gasteiger partial charge in [-0.05, 0) is 13.0 Å². The average molecular weight is 286 g/mol. The van der Waals surface area contributed by atoms with Crippen molar-refractivity contribution in [3.8, 4) is 0 Å².